The van der Waals surface area contributed by atoms with Crippen molar-refractivity contribution in [1.29, 1.82) is 0 Å². The fraction of sp³-hybridized carbons (Fsp3) is 0.188. The van der Waals surface area contributed by atoms with Crippen molar-refractivity contribution in [3.8, 4) is 11.5 Å². The van der Waals surface area contributed by atoms with Crippen molar-refractivity contribution in [2.24, 2.45) is 0 Å². The number of hydrogen-bond acceptors (Lipinski definition) is 8. The molecule has 0 aliphatic heterocycles. The molecule has 0 saturated heterocycles. The fourth-order valence-corrected chi connectivity index (χ4v) is 2.93. The zero-order valence-electron chi connectivity index (χ0n) is 14.6. The minimum absolute atomic E-state index is 0.251. The molecule has 0 spiro atoms. The van der Waals surface area contributed by atoms with E-state index in [9.17, 15) is 24.5 Å². The number of ether oxygens (including phenoxy) is 3. The van der Waals surface area contributed by atoms with E-state index < -0.39 is 27.8 Å². The van der Waals surface area contributed by atoms with Crippen LogP contribution >= 0.6 is 22.6 Å². The second-order valence-electron chi connectivity index (χ2n) is 5.16. The molecule has 0 amide bonds. The summed E-state index contributed by atoms with van der Waals surface area (Å²) in [4.78, 5) is 48.5. The Kier molecular flexibility index (Phi) is 6.92. The SMILES string of the molecule is COC(=O)COc1c(I)cc(/C=C/c2[nH]c(=O)[nH]c(=O)c2[N+](=O)[O-])cc1OC. The molecule has 0 radical (unpaired) electrons. The molecule has 1 aromatic heterocycles. The summed E-state index contributed by atoms with van der Waals surface area (Å²) in [6, 6.07) is 3.21. The minimum atomic E-state index is -1.10. The molecule has 0 bridgehead atoms. The van der Waals surface area contributed by atoms with Gasteiger partial charge in [0.05, 0.1) is 22.7 Å². The van der Waals surface area contributed by atoms with Crippen LogP contribution in [-0.2, 0) is 9.53 Å². The van der Waals surface area contributed by atoms with E-state index in [1.54, 1.807) is 17.1 Å². The lowest BCUT2D eigenvalue weighted by Crippen LogP contribution is -2.25. The van der Waals surface area contributed by atoms with Crippen LogP contribution in [-0.4, -0.2) is 41.7 Å². The molecular formula is C16H14IN3O8. The van der Waals surface area contributed by atoms with Gasteiger partial charge in [0, 0.05) is 0 Å². The van der Waals surface area contributed by atoms with Crippen LogP contribution in [0.2, 0.25) is 0 Å². The normalized spacial score (nSPS) is 10.7. The molecule has 0 unspecified atom stereocenters. The number of aromatic nitrogens is 2. The first kappa shape index (κ1) is 21.1. The molecular weight excluding hydrogens is 489 g/mol. The van der Waals surface area contributed by atoms with E-state index in [-0.39, 0.29) is 12.3 Å². The van der Waals surface area contributed by atoms with Crippen molar-refractivity contribution in [2.75, 3.05) is 20.8 Å². The Hall–Kier alpha value is -3.16. The topological polar surface area (TPSA) is 154 Å². The predicted molar refractivity (Wildman–Crippen MR) is 106 cm³/mol. The first-order valence-electron chi connectivity index (χ1n) is 7.53. The highest BCUT2D eigenvalue weighted by Crippen LogP contribution is 2.34. The number of rotatable bonds is 7. The van der Waals surface area contributed by atoms with Gasteiger partial charge in [-0.05, 0) is 46.4 Å². The van der Waals surface area contributed by atoms with Crippen molar-refractivity contribution in [1.82, 2.24) is 9.97 Å². The Bertz CT molecular complexity index is 1060. The molecule has 28 heavy (non-hydrogen) atoms. The number of hydrogen-bond donors (Lipinski definition) is 2. The fourth-order valence-electron chi connectivity index (χ4n) is 2.14. The number of esters is 1. The quantitative estimate of drug-likeness (QED) is 0.248. The summed E-state index contributed by atoms with van der Waals surface area (Å²) in [6.45, 7) is -0.307. The van der Waals surface area contributed by atoms with E-state index in [0.717, 1.165) is 0 Å². The van der Waals surface area contributed by atoms with Crippen molar-refractivity contribution in [3.05, 3.63) is 57.9 Å². The predicted octanol–water partition coefficient (Wildman–Crippen LogP) is 1.31. The zero-order valence-corrected chi connectivity index (χ0v) is 16.8. The molecule has 2 N–H and O–H groups in total. The standard InChI is InChI=1S/C16H14IN3O8/c1-26-11-6-8(5-9(17)14(11)28-7-12(21)27-2)3-4-10-13(20(24)25)15(22)19-16(23)18-10/h3-6H,7H2,1-2H3,(H2,18,19,22,23)/b4-3+. The van der Waals surface area contributed by atoms with Crippen molar-refractivity contribution in [3.63, 3.8) is 0 Å². The molecule has 2 aromatic rings. The largest absolute Gasteiger partial charge is 0.493 e. The number of nitrogens with zero attached hydrogens (tertiary/aromatic N) is 1. The molecule has 0 aliphatic rings. The number of benzene rings is 1. The van der Waals surface area contributed by atoms with E-state index in [0.29, 0.717) is 20.6 Å². The summed E-state index contributed by atoms with van der Waals surface area (Å²) in [7, 11) is 2.64. The summed E-state index contributed by atoms with van der Waals surface area (Å²) in [5, 5.41) is 11.1. The van der Waals surface area contributed by atoms with Crippen LogP contribution in [0.3, 0.4) is 0 Å². The third-order valence-corrected chi connectivity index (χ3v) is 4.19. The maximum atomic E-state index is 11.6. The number of carbonyl (C=O) groups excluding carboxylic acids is 1. The van der Waals surface area contributed by atoms with Gasteiger partial charge in [-0.2, -0.15) is 0 Å². The summed E-state index contributed by atoms with van der Waals surface area (Å²) in [6.07, 6.45) is 2.68. The number of H-pyrrole nitrogens is 2. The lowest BCUT2D eigenvalue weighted by atomic mass is 10.1. The number of nitrogens with one attached hydrogen (secondary N) is 2. The van der Waals surface area contributed by atoms with Gasteiger partial charge < -0.3 is 19.2 Å². The summed E-state index contributed by atoms with van der Waals surface area (Å²) < 4.78 is 15.8. The number of halogens is 1. The summed E-state index contributed by atoms with van der Waals surface area (Å²) in [5.74, 6) is 0.0675. The van der Waals surface area contributed by atoms with Crippen LogP contribution in [0.1, 0.15) is 11.3 Å². The van der Waals surface area contributed by atoms with Crippen molar-refractivity contribution < 1.29 is 23.9 Å². The number of nitro groups is 1. The van der Waals surface area contributed by atoms with Crippen molar-refractivity contribution >= 4 is 46.4 Å². The molecule has 148 valence electrons. The molecule has 1 heterocycles. The smallest absolute Gasteiger partial charge is 0.357 e. The van der Waals surface area contributed by atoms with Gasteiger partial charge in [-0.25, -0.2) is 9.59 Å². The van der Waals surface area contributed by atoms with Crippen LogP contribution in [0, 0.1) is 13.7 Å². The highest BCUT2D eigenvalue weighted by Gasteiger charge is 2.19. The van der Waals surface area contributed by atoms with E-state index in [2.05, 4.69) is 9.72 Å². The summed E-state index contributed by atoms with van der Waals surface area (Å²) >= 11 is 1.96. The average Bonchev–Trinajstić information content (AvgIpc) is 2.63. The van der Waals surface area contributed by atoms with Gasteiger partial charge in [-0.1, -0.05) is 6.08 Å². The molecule has 2 rings (SSSR count). The maximum absolute atomic E-state index is 11.6. The van der Waals surface area contributed by atoms with Gasteiger partial charge in [0.2, 0.25) is 0 Å². The summed E-state index contributed by atoms with van der Waals surface area (Å²) in [5.41, 5.74) is -2.46. The lowest BCUT2D eigenvalue weighted by molar-refractivity contribution is -0.386. The van der Waals surface area contributed by atoms with E-state index in [4.69, 9.17) is 9.47 Å². The minimum Gasteiger partial charge on any atom is -0.493 e. The van der Waals surface area contributed by atoms with Crippen LogP contribution in [0.25, 0.3) is 12.2 Å². The molecule has 0 fully saturated rings. The van der Waals surface area contributed by atoms with Gasteiger partial charge in [-0.15, -0.1) is 0 Å². The van der Waals surface area contributed by atoms with Crippen LogP contribution in [0.5, 0.6) is 11.5 Å². The highest BCUT2D eigenvalue weighted by atomic mass is 127. The molecule has 0 atom stereocenters. The van der Waals surface area contributed by atoms with Gasteiger partial charge in [0.15, 0.2) is 18.1 Å². The van der Waals surface area contributed by atoms with E-state index >= 15 is 0 Å². The van der Waals surface area contributed by atoms with E-state index in [1.807, 2.05) is 22.6 Å². The first-order chi connectivity index (χ1) is 13.3. The van der Waals surface area contributed by atoms with Gasteiger partial charge in [0.1, 0.15) is 5.69 Å². The van der Waals surface area contributed by atoms with E-state index in [1.165, 1.54) is 26.4 Å². The Balaban J connectivity index is 2.41. The van der Waals surface area contributed by atoms with Gasteiger partial charge >= 0.3 is 22.9 Å². The monoisotopic (exact) mass is 503 g/mol. The molecule has 12 heteroatoms. The van der Waals surface area contributed by atoms with Crippen molar-refractivity contribution in [2.45, 2.75) is 0 Å². The van der Waals surface area contributed by atoms with Gasteiger partial charge in [-0.3, -0.25) is 19.9 Å². The maximum Gasteiger partial charge on any atom is 0.357 e. The molecule has 11 nitrogen and oxygen atoms in total. The highest BCUT2D eigenvalue weighted by molar-refractivity contribution is 14.1. The van der Waals surface area contributed by atoms with Gasteiger partial charge in [0.25, 0.3) is 0 Å². The first-order valence-corrected chi connectivity index (χ1v) is 8.61. The Morgan fingerprint density at radius 2 is 1.96 bits per heavy atom. The second kappa shape index (κ2) is 9.16. The number of methoxy groups -OCH3 is 2. The van der Waals surface area contributed by atoms with Crippen LogP contribution in [0.15, 0.2) is 21.7 Å². The average molecular weight is 503 g/mol. The second-order valence-corrected chi connectivity index (χ2v) is 6.32. The third-order valence-electron chi connectivity index (χ3n) is 3.38. The number of carbonyl (C=O) groups is 1. The molecule has 1 aromatic carbocycles. The Morgan fingerprint density at radius 3 is 2.57 bits per heavy atom. The van der Waals surface area contributed by atoms with Crippen LogP contribution in [0.4, 0.5) is 5.69 Å². The van der Waals surface area contributed by atoms with Crippen LogP contribution < -0.4 is 20.7 Å². The Labute approximate surface area is 170 Å². The zero-order chi connectivity index (χ0) is 20.8. The third kappa shape index (κ3) is 4.97. The molecule has 0 aliphatic carbocycles. The lowest BCUT2D eigenvalue weighted by Gasteiger charge is -2.12. The number of aromatic amines is 2. The Morgan fingerprint density at radius 1 is 1.25 bits per heavy atom. The molecule has 0 saturated carbocycles.